The van der Waals surface area contributed by atoms with Crippen LogP contribution in [0.15, 0.2) is 4.99 Å². The van der Waals surface area contributed by atoms with Crippen molar-refractivity contribution in [3.8, 4) is 0 Å². The van der Waals surface area contributed by atoms with E-state index in [9.17, 15) is 24.0 Å². The fourth-order valence-corrected chi connectivity index (χ4v) is 1.91. The molecule has 2 atom stereocenters. The lowest BCUT2D eigenvalue weighted by Crippen LogP contribution is -2.51. The number of carbonyl (C=O) groups excluding carboxylic acids is 4. The lowest BCUT2D eigenvalue weighted by atomic mass is 10.1. The number of nitrogens with two attached hydrogens (primary N) is 4. The van der Waals surface area contributed by atoms with E-state index >= 15 is 0 Å². The molecule has 158 valence electrons. The average Bonchev–Trinajstić information content (AvgIpc) is 2.59. The van der Waals surface area contributed by atoms with E-state index in [1.54, 1.807) is 0 Å². The van der Waals surface area contributed by atoms with E-state index in [-0.39, 0.29) is 18.9 Å². The van der Waals surface area contributed by atoms with Crippen LogP contribution in [-0.2, 0) is 24.0 Å². The molecule has 0 aromatic rings. The topological polar surface area (TPSA) is 258 Å². The molecule has 0 rings (SSSR count). The van der Waals surface area contributed by atoms with Crippen molar-refractivity contribution in [1.82, 2.24) is 16.0 Å². The van der Waals surface area contributed by atoms with Crippen LogP contribution in [-0.4, -0.2) is 72.4 Å². The molecule has 28 heavy (non-hydrogen) atoms. The summed E-state index contributed by atoms with van der Waals surface area (Å²) in [4.78, 5) is 60.7. The minimum atomic E-state index is -1.25. The molecule has 2 unspecified atom stereocenters. The van der Waals surface area contributed by atoms with Crippen LogP contribution in [0.25, 0.3) is 0 Å². The largest absolute Gasteiger partial charge is 0.480 e. The summed E-state index contributed by atoms with van der Waals surface area (Å²) in [5.74, 6) is -4.38. The summed E-state index contributed by atoms with van der Waals surface area (Å²) in [5, 5.41) is 15.3. The van der Waals surface area contributed by atoms with Crippen LogP contribution in [0.5, 0.6) is 0 Å². The van der Waals surface area contributed by atoms with Gasteiger partial charge in [0.05, 0.1) is 19.0 Å². The van der Waals surface area contributed by atoms with Gasteiger partial charge in [-0.05, 0) is 12.8 Å². The molecular weight excluding hydrogens is 376 g/mol. The fourth-order valence-electron chi connectivity index (χ4n) is 1.91. The average molecular weight is 402 g/mol. The second kappa shape index (κ2) is 12.9. The maximum absolute atomic E-state index is 12.0. The molecular formula is C14H26N8O6. The van der Waals surface area contributed by atoms with E-state index < -0.39 is 61.2 Å². The smallest absolute Gasteiger partial charge is 0.322 e. The van der Waals surface area contributed by atoms with Crippen molar-refractivity contribution in [2.45, 2.75) is 31.3 Å². The summed E-state index contributed by atoms with van der Waals surface area (Å²) in [6.45, 7) is -0.945. The molecule has 0 aromatic heterocycles. The molecule has 0 saturated carbocycles. The summed E-state index contributed by atoms with van der Waals surface area (Å²) >= 11 is 0. The van der Waals surface area contributed by atoms with Crippen LogP contribution in [0.2, 0.25) is 0 Å². The van der Waals surface area contributed by atoms with Gasteiger partial charge in [-0.1, -0.05) is 0 Å². The molecule has 14 nitrogen and oxygen atoms in total. The zero-order valence-corrected chi connectivity index (χ0v) is 15.1. The Hall–Kier alpha value is -3.42. The normalized spacial score (nSPS) is 12.2. The first-order valence-corrected chi connectivity index (χ1v) is 8.18. The van der Waals surface area contributed by atoms with E-state index in [0.29, 0.717) is 6.42 Å². The molecule has 0 aliphatic heterocycles. The number of hydrogen-bond acceptors (Lipinski definition) is 7. The number of carboxylic acids is 1. The molecule has 14 heteroatoms. The number of hydrogen-bond donors (Lipinski definition) is 8. The maximum Gasteiger partial charge on any atom is 0.322 e. The van der Waals surface area contributed by atoms with E-state index in [1.807, 2.05) is 0 Å². The Morgan fingerprint density at radius 1 is 0.964 bits per heavy atom. The molecule has 0 bridgehead atoms. The molecule has 0 aromatic carbocycles. The lowest BCUT2D eigenvalue weighted by Gasteiger charge is -2.18. The van der Waals surface area contributed by atoms with Crippen molar-refractivity contribution in [1.29, 1.82) is 0 Å². The van der Waals surface area contributed by atoms with Crippen molar-refractivity contribution < 1.29 is 29.1 Å². The predicted octanol–water partition coefficient (Wildman–Crippen LogP) is -4.96. The predicted molar refractivity (Wildman–Crippen MR) is 97.3 cm³/mol. The fraction of sp³-hybridized carbons (Fsp3) is 0.571. The summed E-state index contributed by atoms with van der Waals surface area (Å²) in [5.41, 5.74) is 20.7. The first-order valence-electron chi connectivity index (χ1n) is 8.18. The van der Waals surface area contributed by atoms with Gasteiger partial charge in [0, 0.05) is 6.54 Å². The number of nitrogens with one attached hydrogen (secondary N) is 3. The molecule has 4 amide bonds. The zero-order chi connectivity index (χ0) is 21.7. The lowest BCUT2D eigenvalue weighted by molar-refractivity contribution is -0.138. The number of rotatable bonds is 13. The summed E-state index contributed by atoms with van der Waals surface area (Å²) in [7, 11) is 0. The van der Waals surface area contributed by atoms with Crippen molar-refractivity contribution in [3.05, 3.63) is 0 Å². The molecule has 0 fully saturated rings. The third-order valence-corrected chi connectivity index (χ3v) is 3.19. The minimum Gasteiger partial charge on any atom is -0.480 e. The van der Waals surface area contributed by atoms with Gasteiger partial charge in [0.1, 0.15) is 12.6 Å². The molecule has 0 saturated heterocycles. The highest BCUT2D eigenvalue weighted by Crippen LogP contribution is 1.99. The van der Waals surface area contributed by atoms with Gasteiger partial charge in [-0.3, -0.25) is 29.0 Å². The Morgan fingerprint density at radius 3 is 2.11 bits per heavy atom. The van der Waals surface area contributed by atoms with Crippen LogP contribution < -0.4 is 38.9 Å². The summed E-state index contributed by atoms with van der Waals surface area (Å²) < 4.78 is 0. The highest BCUT2D eigenvalue weighted by Gasteiger charge is 2.22. The van der Waals surface area contributed by atoms with Crippen molar-refractivity contribution >= 4 is 35.6 Å². The number of amides is 4. The quantitative estimate of drug-likeness (QED) is 0.0832. The van der Waals surface area contributed by atoms with Crippen LogP contribution in [0.3, 0.4) is 0 Å². The minimum absolute atomic E-state index is 0.114. The molecule has 0 spiro atoms. The number of nitrogens with zero attached hydrogens (tertiary/aromatic N) is 1. The van der Waals surface area contributed by atoms with Gasteiger partial charge >= 0.3 is 5.97 Å². The number of primary amides is 1. The molecule has 0 aliphatic rings. The zero-order valence-electron chi connectivity index (χ0n) is 15.1. The number of carbonyl (C=O) groups is 5. The molecule has 0 aliphatic carbocycles. The second-order valence-corrected chi connectivity index (χ2v) is 5.68. The van der Waals surface area contributed by atoms with E-state index in [1.165, 1.54) is 0 Å². The number of carboxylic acid groups (broad SMARTS) is 1. The van der Waals surface area contributed by atoms with E-state index in [2.05, 4.69) is 20.9 Å². The van der Waals surface area contributed by atoms with Crippen molar-refractivity contribution in [2.24, 2.45) is 27.9 Å². The number of aliphatic carboxylic acids is 1. The van der Waals surface area contributed by atoms with Gasteiger partial charge < -0.3 is 44.0 Å². The molecule has 12 N–H and O–H groups in total. The summed E-state index contributed by atoms with van der Waals surface area (Å²) in [6.07, 6.45) is 0.0424. The van der Waals surface area contributed by atoms with Gasteiger partial charge in [0.2, 0.25) is 23.6 Å². The van der Waals surface area contributed by atoms with Gasteiger partial charge in [0.25, 0.3) is 0 Å². The van der Waals surface area contributed by atoms with Crippen molar-refractivity contribution in [3.63, 3.8) is 0 Å². The first-order chi connectivity index (χ1) is 13.0. The van der Waals surface area contributed by atoms with Crippen LogP contribution in [0.4, 0.5) is 0 Å². The Morgan fingerprint density at radius 2 is 1.57 bits per heavy atom. The number of aliphatic imine (C=N–C) groups is 1. The van der Waals surface area contributed by atoms with Gasteiger partial charge in [-0.2, -0.15) is 0 Å². The molecule has 0 heterocycles. The Kier molecular flexibility index (Phi) is 11.3. The van der Waals surface area contributed by atoms with E-state index in [0.717, 1.165) is 0 Å². The highest BCUT2D eigenvalue weighted by molar-refractivity contribution is 5.93. The highest BCUT2D eigenvalue weighted by atomic mass is 16.4. The van der Waals surface area contributed by atoms with Gasteiger partial charge in [-0.25, -0.2) is 0 Å². The SMILES string of the molecule is NC(=O)CC(N)C(=O)NCC(=O)NC(CCCN=C(N)N)C(=O)NCC(=O)O. The van der Waals surface area contributed by atoms with Crippen LogP contribution >= 0.6 is 0 Å². The first kappa shape index (κ1) is 24.6. The van der Waals surface area contributed by atoms with Crippen LogP contribution in [0.1, 0.15) is 19.3 Å². The van der Waals surface area contributed by atoms with Crippen LogP contribution in [0, 0.1) is 0 Å². The Labute approximate surface area is 160 Å². The number of guanidine groups is 1. The Balaban J connectivity index is 4.67. The standard InChI is InChI=1S/C14H26N8O6/c15-7(4-9(16)23)12(27)20-5-10(24)22-8(2-1-3-19-14(17)18)13(28)21-6-11(25)26/h7-8H,1-6,15H2,(H2,16,23)(H,20,27)(H,21,28)(H,22,24)(H,25,26)(H4,17,18,19). The van der Waals surface area contributed by atoms with Gasteiger partial charge in [0.15, 0.2) is 5.96 Å². The second-order valence-electron chi connectivity index (χ2n) is 5.68. The van der Waals surface area contributed by atoms with E-state index in [4.69, 9.17) is 28.0 Å². The third kappa shape index (κ3) is 12.0. The monoisotopic (exact) mass is 402 g/mol. The molecule has 0 radical (unpaired) electrons. The Bertz CT molecular complexity index is 619. The third-order valence-electron chi connectivity index (χ3n) is 3.19. The van der Waals surface area contributed by atoms with Gasteiger partial charge in [-0.15, -0.1) is 0 Å². The summed E-state index contributed by atoms with van der Waals surface area (Å²) in [6, 6.07) is -2.28. The maximum atomic E-state index is 12.0. The van der Waals surface area contributed by atoms with Crippen molar-refractivity contribution in [2.75, 3.05) is 19.6 Å².